The number of carbonyl (C=O) groups excluding carboxylic acids is 2. The first-order valence-electron chi connectivity index (χ1n) is 15.9. The first-order valence-corrected chi connectivity index (χ1v) is 15.9. The number of halogens is 4. The second kappa shape index (κ2) is 11.6. The van der Waals surface area contributed by atoms with Crippen LogP contribution in [0.15, 0.2) is 18.2 Å². The molecular formula is C33H35F4N7O4. The van der Waals surface area contributed by atoms with E-state index in [2.05, 4.69) is 38.9 Å². The van der Waals surface area contributed by atoms with Crippen LogP contribution >= 0.6 is 0 Å². The molecule has 1 aromatic carbocycles. The van der Waals surface area contributed by atoms with E-state index in [-0.39, 0.29) is 37.7 Å². The lowest BCUT2D eigenvalue weighted by Crippen LogP contribution is -2.59. The molecule has 48 heavy (non-hydrogen) atoms. The van der Waals surface area contributed by atoms with E-state index < -0.39 is 58.0 Å². The van der Waals surface area contributed by atoms with E-state index in [4.69, 9.17) is 20.2 Å². The number of imide groups is 1. The number of piperidine rings is 1. The van der Waals surface area contributed by atoms with Gasteiger partial charge < -0.3 is 25.4 Å². The molecule has 0 aliphatic carbocycles. The van der Waals surface area contributed by atoms with E-state index in [1.165, 1.54) is 6.92 Å². The van der Waals surface area contributed by atoms with Gasteiger partial charge in [0.25, 0.3) is 5.91 Å². The average Bonchev–Trinajstić information content (AvgIpc) is 3.64. The molecule has 2 unspecified atom stereocenters. The number of urea groups is 1. The number of nitrogens with one attached hydrogen (secondary N) is 2. The number of alkyl halides is 3. The van der Waals surface area contributed by atoms with Crippen molar-refractivity contribution >= 4 is 23.4 Å². The first kappa shape index (κ1) is 32.1. The summed E-state index contributed by atoms with van der Waals surface area (Å²) >= 11 is 0. The van der Waals surface area contributed by atoms with Crippen molar-refractivity contribution in [1.29, 1.82) is 0 Å². The number of ether oxygens (including phenoxy) is 2. The van der Waals surface area contributed by atoms with Gasteiger partial charge >= 0.3 is 18.2 Å². The van der Waals surface area contributed by atoms with Gasteiger partial charge in [-0.2, -0.15) is 23.1 Å². The molecule has 1 aromatic heterocycles. The van der Waals surface area contributed by atoms with Crippen molar-refractivity contribution < 1.29 is 36.6 Å². The maximum Gasteiger partial charge on any atom is 0.418 e. The van der Waals surface area contributed by atoms with Crippen LogP contribution in [-0.4, -0.2) is 70.7 Å². The van der Waals surface area contributed by atoms with Gasteiger partial charge in [-0.3, -0.25) is 15.0 Å². The first-order chi connectivity index (χ1) is 22.8. The molecule has 0 radical (unpaired) electrons. The molecule has 1 spiro atoms. The Bertz CT molecular complexity index is 1790. The Hall–Kier alpha value is -4.42. The Kier molecular flexibility index (Phi) is 7.78. The number of hydrogen-bond donors (Lipinski definition) is 3. The van der Waals surface area contributed by atoms with Gasteiger partial charge in [0.2, 0.25) is 0 Å². The van der Waals surface area contributed by atoms with Crippen molar-refractivity contribution in [3.05, 3.63) is 52.0 Å². The van der Waals surface area contributed by atoms with Gasteiger partial charge in [0.1, 0.15) is 18.0 Å². The zero-order chi connectivity index (χ0) is 34.0. The topological polar surface area (TPSA) is 135 Å². The Labute approximate surface area is 274 Å². The van der Waals surface area contributed by atoms with Gasteiger partial charge in [0.05, 0.1) is 41.7 Å². The molecular weight excluding hydrogens is 634 g/mol. The summed E-state index contributed by atoms with van der Waals surface area (Å²) in [7, 11) is 0. The summed E-state index contributed by atoms with van der Waals surface area (Å²) < 4.78 is 71.4. The molecule has 6 heterocycles. The zero-order valence-electron chi connectivity index (χ0n) is 26.4. The van der Waals surface area contributed by atoms with E-state index in [1.807, 2.05) is 4.90 Å². The van der Waals surface area contributed by atoms with Gasteiger partial charge in [-0.15, -0.1) is 5.92 Å². The molecule has 15 heteroatoms. The van der Waals surface area contributed by atoms with E-state index in [9.17, 15) is 22.8 Å². The number of aromatic nitrogens is 2. The molecule has 3 amide bonds. The van der Waals surface area contributed by atoms with Gasteiger partial charge in [0, 0.05) is 36.2 Å². The van der Waals surface area contributed by atoms with Crippen LogP contribution in [0.1, 0.15) is 73.1 Å². The van der Waals surface area contributed by atoms with Crippen LogP contribution in [0.5, 0.6) is 6.01 Å². The molecule has 7 rings (SSSR count). The highest BCUT2D eigenvalue weighted by Gasteiger charge is 2.50. The van der Waals surface area contributed by atoms with Crippen LogP contribution in [0, 0.1) is 17.7 Å². The second-order valence-corrected chi connectivity index (χ2v) is 13.2. The fourth-order valence-corrected chi connectivity index (χ4v) is 7.98. The smallest absolute Gasteiger partial charge is 0.418 e. The van der Waals surface area contributed by atoms with Crippen LogP contribution < -0.4 is 26.0 Å². The van der Waals surface area contributed by atoms with Crippen LogP contribution in [0.4, 0.5) is 33.9 Å². The number of anilines is 2. The third-order valence-corrected chi connectivity index (χ3v) is 10.1. The van der Waals surface area contributed by atoms with Crippen molar-refractivity contribution in [3.63, 3.8) is 0 Å². The number of nitrogen functional groups attached to an aromatic ring is 1. The molecule has 11 nitrogen and oxygen atoms in total. The summed E-state index contributed by atoms with van der Waals surface area (Å²) in [6.45, 7) is 7.82. The lowest BCUT2D eigenvalue weighted by Gasteiger charge is -2.40. The van der Waals surface area contributed by atoms with Gasteiger partial charge in [-0.05, 0) is 51.6 Å². The highest BCUT2D eigenvalue weighted by atomic mass is 19.4. The molecule has 254 valence electrons. The molecule has 5 aliphatic heterocycles. The fourth-order valence-electron chi connectivity index (χ4n) is 7.98. The summed E-state index contributed by atoms with van der Waals surface area (Å²) in [4.78, 5) is 38.6. The van der Waals surface area contributed by atoms with Crippen molar-refractivity contribution in [2.75, 3.05) is 43.4 Å². The molecule has 0 bridgehead atoms. The lowest BCUT2D eigenvalue weighted by molar-refractivity contribution is -0.140. The quantitative estimate of drug-likeness (QED) is 0.143. The maximum atomic E-state index is 15.6. The number of benzene rings is 1. The summed E-state index contributed by atoms with van der Waals surface area (Å²) in [5.74, 6) is 3.55. The highest BCUT2D eigenvalue weighted by molar-refractivity contribution is 6.07. The van der Waals surface area contributed by atoms with Crippen LogP contribution in [0.3, 0.4) is 0 Å². The van der Waals surface area contributed by atoms with Crippen LogP contribution in [0.2, 0.25) is 0 Å². The normalized spacial score (nSPS) is 27.0. The molecule has 4 fully saturated rings. The minimum Gasteiger partial charge on any atom is -0.461 e. The summed E-state index contributed by atoms with van der Waals surface area (Å²) in [6.07, 6.45) is -2.97. The largest absolute Gasteiger partial charge is 0.461 e. The van der Waals surface area contributed by atoms with Gasteiger partial charge in [0.15, 0.2) is 5.82 Å². The van der Waals surface area contributed by atoms with Crippen molar-refractivity contribution in [2.45, 2.75) is 75.4 Å². The summed E-state index contributed by atoms with van der Waals surface area (Å²) in [6, 6.07) is 0.302. The number of nitrogens with two attached hydrogens (primary N) is 1. The predicted octanol–water partition coefficient (Wildman–Crippen LogP) is 3.75. The fraction of sp³-hybridized carbons (Fsp3) is 0.515. The number of amides is 3. The van der Waals surface area contributed by atoms with Crippen LogP contribution in [-0.2, 0) is 28.7 Å². The van der Waals surface area contributed by atoms with Gasteiger partial charge in [-0.1, -0.05) is 18.1 Å². The van der Waals surface area contributed by atoms with Crippen molar-refractivity contribution in [1.82, 2.24) is 25.5 Å². The molecule has 5 aliphatic rings. The molecule has 4 saturated heterocycles. The van der Waals surface area contributed by atoms with Crippen LogP contribution in [0.25, 0.3) is 0 Å². The molecule has 0 saturated carbocycles. The number of hydrogen-bond acceptors (Lipinski definition) is 9. The van der Waals surface area contributed by atoms with Crippen molar-refractivity contribution in [3.8, 4) is 17.9 Å². The number of rotatable bonds is 5. The molecule has 3 atom stereocenters. The summed E-state index contributed by atoms with van der Waals surface area (Å²) in [5.41, 5.74) is 3.41. The number of fused-ring (bicyclic) bond motifs is 2. The zero-order valence-corrected chi connectivity index (χ0v) is 26.4. The minimum atomic E-state index is -4.95. The highest BCUT2D eigenvalue weighted by Crippen LogP contribution is 2.45. The minimum absolute atomic E-state index is 0.00398. The SMILES string of the molecule is C=C1CN2CCC[C@@]2(COc2nc3c(c(N4CCCC5(C4)NC(=O)NC5=O)n2)COC(c2c(F)c(N)cc(C#CC)c2C(F)(F)F)C3)C1. The monoisotopic (exact) mass is 669 g/mol. The predicted molar refractivity (Wildman–Crippen MR) is 165 cm³/mol. The Morgan fingerprint density at radius 3 is 2.75 bits per heavy atom. The molecule has 2 aromatic rings. The lowest BCUT2D eigenvalue weighted by atomic mass is 9.88. The number of nitrogens with zero attached hydrogens (tertiary/aromatic N) is 4. The van der Waals surface area contributed by atoms with Crippen molar-refractivity contribution in [2.24, 2.45) is 0 Å². The second-order valence-electron chi connectivity index (χ2n) is 13.2. The summed E-state index contributed by atoms with van der Waals surface area (Å²) in [5, 5.41) is 5.05. The average molecular weight is 670 g/mol. The van der Waals surface area contributed by atoms with E-state index >= 15 is 4.39 Å². The Morgan fingerprint density at radius 1 is 1.23 bits per heavy atom. The van der Waals surface area contributed by atoms with E-state index in [0.717, 1.165) is 44.0 Å². The molecule has 4 N–H and O–H groups in total. The van der Waals surface area contributed by atoms with E-state index in [1.54, 1.807) is 0 Å². The Balaban J connectivity index is 1.29. The maximum absolute atomic E-state index is 15.6. The van der Waals surface area contributed by atoms with E-state index in [0.29, 0.717) is 36.5 Å². The van der Waals surface area contributed by atoms with Gasteiger partial charge in [-0.25, -0.2) is 9.18 Å². The third-order valence-electron chi connectivity index (χ3n) is 10.1. The standard InChI is InChI=1S/C33H35F4N7O4/c1-3-6-19-11-21(38)26(34)24(25(19)33(35,36)37)23-12-22-20(15-47-23)27(43-9-5-8-32(16-43)28(45)41-29(46)42-32)40-30(39-22)48-17-31-7-4-10-44(31)14-18(2)13-31/h11,23H,2,4-5,7-10,12-17,38H2,1H3,(H2,41,42,45,46)/t23?,31-,32?/m0/s1. The third kappa shape index (κ3) is 5.40. The Morgan fingerprint density at radius 2 is 2.02 bits per heavy atom. The number of carbonyl (C=O) groups is 2.